The maximum atomic E-state index is 14.4. The van der Waals surface area contributed by atoms with E-state index in [9.17, 15) is 4.39 Å². The van der Waals surface area contributed by atoms with E-state index in [0.717, 1.165) is 49.0 Å². The number of piperidine rings is 1. The molecule has 142 valence electrons. The number of fused-ring (bicyclic) bond motifs is 2. The summed E-state index contributed by atoms with van der Waals surface area (Å²) in [4.78, 5) is 6.44. The molecule has 2 aromatic carbocycles. The number of nitrogens with zero attached hydrogens (tertiary/aromatic N) is 3. The summed E-state index contributed by atoms with van der Waals surface area (Å²) in [5.74, 6) is 0.0104. The first-order valence-electron chi connectivity index (χ1n) is 9.68. The first kappa shape index (κ1) is 17.3. The number of rotatable bonds is 4. The molecule has 2 N–H and O–H groups in total. The van der Waals surface area contributed by atoms with Crippen LogP contribution in [-0.4, -0.2) is 41.3 Å². The maximum Gasteiger partial charge on any atom is 0.165 e. The number of nitrogens with two attached hydrogens (primary N) is 1. The van der Waals surface area contributed by atoms with Crippen molar-refractivity contribution in [3.8, 4) is 5.75 Å². The summed E-state index contributed by atoms with van der Waals surface area (Å²) >= 11 is 0. The second kappa shape index (κ2) is 7.30. The summed E-state index contributed by atoms with van der Waals surface area (Å²) in [6.07, 6.45) is 5.18. The quantitative estimate of drug-likeness (QED) is 0.562. The Balaban J connectivity index is 1.21. The van der Waals surface area contributed by atoms with Gasteiger partial charge in [0.2, 0.25) is 0 Å². The number of likely N-dealkylation sites (tertiary alicyclic amines) is 1. The largest absolute Gasteiger partial charge is 0.487 e. The van der Waals surface area contributed by atoms with E-state index in [4.69, 9.17) is 4.74 Å². The average molecular weight is 377 g/mol. The van der Waals surface area contributed by atoms with Crippen molar-refractivity contribution in [2.75, 3.05) is 19.6 Å². The van der Waals surface area contributed by atoms with Crippen molar-refractivity contribution in [3.05, 3.63) is 66.2 Å². The van der Waals surface area contributed by atoms with Crippen LogP contribution < -0.4 is 10.2 Å². The summed E-state index contributed by atoms with van der Waals surface area (Å²) in [6, 6.07) is 13.5. The van der Waals surface area contributed by atoms with Crippen molar-refractivity contribution >= 4 is 22.2 Å². The van der Waals surface area contributed by atoms with Gasteiger partial charge in [0, 0.05) is 43.5 Å². The Morgan fingerprint density at radius 2 is 1.96 bits per heavy atom. The summed E-state index contributed by atoms with van der Waals surface area (Å²) in [5, 5.41) is 6.32. The number of aromatic nitrogens is 1. The fourth-order valence-corrected chi connectivity index (χ4v) is 3.97. The minimum atomic E-state index is -0.324. The number of pyridine rings is 1. The highest BCUT2D eigenvalue weighted by molar-refractivity contribution is 6.06. The summed E-state index contributed by atoms with van der Waals surface area (Å²) in [5.41, 5.74) is 5.49. The number of halogens is 1. The van der Waals surface area contributed by atoms with Crippen LogP contribution in [0.2, 0.25) is 0 Å². The van der Waals surface area contributed by atoms with Crippen LogP contribution in [0, 0.1) is 5.82 Å². The molecule has 0 spiro atoms. The minimum absolute atomic E-state index is 0.0365. The molecule has 0 atom stereocenters. The lowest BCUT2D eigenvalue weighted by atomic mass is 10.0. The van der Waals surface area contributed by atoms with Crippen LogP contribution in [0.3, 0.4) is 0 Å². The molecular formula is C22H22FN4O+. The van der Waals surface area contributed by atoms with Gasteiger partial charge in [-0.3, -0.25) is 9.88 Å². The van der Waals surface area contributed by atoms with E-state index in [2.05, 4.69) is 33.2 Å². The number of hydrogen-bond acceptors (Lipinski definition) is 4. The molecule has 0 saturated carbocycles. The van der Waals surface area contributed by atoms with Crippen molar-refractivity contribution in [2.45, 2.75) is 18.9 Å². The number of benzene rings is 2. The third-order valence-corrected chi connectivity index (χ3v) is 5.52. The third kappa shape index (κ3) is 3.37. The molecule has 6 heteroatoms. The van der Waals surface area contributed by atoms with Gasteiger partial charge in [-0.05, 0) is 42.5 Å². The Morgan fingerprint density at radius 3 is 2.86 bits per heavy atom. The Morgan fingerprint density at radius 1 is 1.11 bits per heavy atom. The fourth-order valence-electron chi connectivity index (χ4n) is 3.97. The van der Waals surface area contributed by atoms with E-state index < -0.39 is 0 Å². The Hall–Kier alpha value is -2.83. The van der Waals surface area contributed by atoms with Gasteiger partial charge in [-0.2, -0.15) is 5.43 Å². The van der Waals surface area contributed by atoms with Crippen LogP contribution in [0.15, 0.2) is 60.0 Å². The molecular weight excluding hydrogens is 355 g/mol. The molecule has 0 unspecified atom stereocenters. The van der Waals surface area contributed by atoms with Crippen molar-refractivity contribution in [1.82, 2.24) is 9.88 Å². The summed E-state index contributed by atoms with van der Waals surface area (Å²) in [6.45, 7) is 2.69. The molecule has 28 heavy (non-hydrogen) atoms. The van der Waals surface area contributed by atoms with Crippen molar-refractivity contribution < 1.29 is 14.6 Å². The first-order chi connectivity index (χ1) is 13.8. The average Bonchev–Trinajstić information content (AvgIpc) is 3.13. The van der Waals surface area contributed by atoms with Gasteiger partial charge >= 0.3 is 0 Å². The van der Waals surface area contributed by atoms with E-state index in [1.165, 1.54) is 17.3 Å². The van der Waals surface area contributed by atoms with Gasteiger partial charge in [-0.15, -0.1) is 0 Å². The first-order valence-corrected chi connectivity index (χ1v) is 9.68. The van der Waals surface area contributed by atoms with E-state index in [-0.39, 0.29) is 11.9 Å². The standard InChI is InChI=1S/C22H21FN4O/c23-19-11-16-13-24-8-5-15(16)12-22(19)28-17-6-9-27(10-7-17)14-21-18-3-1-2-4-20(18)25-26-21/h1-5,8,11-13,17H,6-7,9-10,14H2,(H,25,26)/p+1. The minimum Gasteiger partial charge on any atom is -0.487 e. The van der Waals surface area contributed by atoms with Gasteiger partial charge in [-0.25, -0.2) is 4.39 Å². The maximum absolute atomic E-state index is 14.4. The molecule has 5 rings (SSSR count). The van der Waals surface area contributed by atoms with Crippen LogP contribution in [0.5, 0.6) is 5.75 Å². The number of hydrogen-bond donors (Lipinski definition) is 1. The zero-order valence-corrected chi connectivity index (χ0v) is 15.5. The fraction of sp³-hybridized carbons (Fsp3) is 0.273. The Bertz CT molecular complexity index is 1040. The Labute approximate surface area is 162 Å². The van der Waals surface area contributed by atoms with Crippen LogP contribution in [0.25, 0.3) is 10.8 Å². The SMILES string of the molecule is Fc1cc2cnccc2cc1OC1CCN(CC2=N[NH2+]c3ccccc32)CC1. The molecule has 1 fully saturated rings. The van der Waals surface area contributed by atoms with Gasteiger partial charge in [0.05, 0.1) is 5.56 Å². The predicted molar refractivity (Wildman–Crippen MR) is 106 cm³/mol. The predicted octanol–water partition coefficient (Wildman–Crippen LogP) is 2.83. The zero-order valence-electron chi connectivity index (χ0n) is 15.5. The zero-order chi connectivity index (χ0) is 18.9. The van der Waals surface area contributed by atoms with Gasteiger partial charge in [-0.1, -0.05) is 17.2 Å². The van der Waals surface area contributed by atoms with Gasteiger partial charge in [0.25, 0.3) is 0 Å². The third-order valence-electron chi connectivity index (χ3n) is 5.52. The lowest BCUT2D eigenvalue weighted by Gasteiger charge is -2.31. The molecule has 3 heterocycles. The molecule has 5 nitrogen and oxygen atoms in total. The molecule has 1 saturated heterocycles. The van der Waals surface area contributed by atoms with E-state index >= 15 is 0 Å². The summed E-state index contributed by atoms with van der Waals surface area (Å²) < 4.78 is 20.4. The Kier molecular flexibility index (Phi) is 4.50. The van der Waals surface area contributed by atoms with Gasteiger partial charge in [0.15, 0.2) is 17.3 Å². The molecule has 0 amide bonds. The smallest absolute Gasteiger partial charge is 0.165 e. The van der Waals surface area contributed by atoms with Crippen molar-refractivity contribution in [3.63, 3.8) is 0 Å². The molecule has 2 aliphatic heterocycles. The molecule has 1 aromatic heterocycles. The van der Waals surface area contributed by atoms with E-state index in [0.29, 0.717) is 5.75 Å². The topological polar surface area (TPSA) is 54.3 Å². The van der Waals surface area contributed by atoms with E-state index in [1.807, 2.05) is 17.6 Å². The molecule has 0 aliphatic carbocycles. The van der Waals surface area contributed by atoms with Crippen LogP contribution in [-0.2, 0) is 0 Å². The highest BCUT2D eigenvalue weighted by Crippen LogP contribution is 2.27. The molecule has 0 bridgehead atoms. The number of quaternary nitrogens is 1. The van der Waals surface area contributed by atoms with Gasteiger partial charge in [0.1, 0.15) is 11.8 Å². The summed E-state index contributed by atoms with van der Waals surface area (Å²) in [7, 11) is 0. The second-order valence-electron chi connectivity index (χ2n) is 7.39. The lowest BCUT2D eigenvalue weighted by Crippen LogP contribution is -2.69. The van der Waals surface area contributed by atoms with E-state index in [1.54, 1.807) is 18.5 Å². The molecule has 3 aromatic rings. The highest BCUT2D eigenvalue weighted by Gasteiger charge is 2.26. The van der Waals surface area contributed by atoms with Crippen molar-refractivity contribution in [2.24, 2.45) is 5.10 Å². The molecule has 2 aliphatic rings. The second-order valence-corrected chi connectivity index (χ2v) is 7.39. The van der Waals surface area contributed by atoms with Crippen molar-refractivity contribution in [1.29, 1.82) is 0 Å². The molecule has 0 radical (unpaired) electrons. The van der Waals surface area contributed by atoms with Crippen LogP contribution in [0.1, 0.15) is 18.4 Å². The highest BCUT2D eigenvalue weighted by atomic mass is 19.1. The lowest BCUT2D eigenvalue weighted by molar-refractivity contribution is -0.573. The normalized spacial score (nSPS) is 17.5. The monoisotopic (exact) mass is 377 g/mol. The number of ether oxygens (including phenoxy) is 1. The van der Waals surface area contributed by atoms with Crippen LogP contribution in [0.4, 0.5) is 10.1 Å². The van der Waals surface area contributed by atoms with Gasteiger partial charge < -0.3 is 4.74 Å². The van der Waals surface area contributed by atoms with Crippen LogP contribution >= 0.6 is 0 Å².